The van der Waals surface area contributed by atoms with E-state index in [1.807, 2.05) is 0 Å². The Morgan fingerprint density at radius 3 is 2.41 bits per heavy atom. The molecule has 6 rings (SSSR count). The van der Waals surface area contributed by atoms with Gasteiger partial charge in [-0.3, -0.25) is 0 Å². The van der Waals surface area contributed by atoms with E-state index in [9.17, 15) is 0 Å². The molecule has 0 unspecified atom stereocenters. The Balaban J connectivity index is 1.65. The molecule has 2 aromatic heterocycles. The van der Waals surface area contributed by atoms with Gasteiger partial charge in [0.05, 0.1) is 15.9 Å². The van der Waals surface area contributed by atoms with E-state index in [1.54, 1.807) is 17.7 Å². The van der Waals surface area contributed by atoms with Crippen LogP contribution >= 0.6 is 11.3 Å². The van der Waals surface area contributed by atoms with Gasteiger partial charge in [-0.2, -0.15) is 0 Å². The van der Waals surface area contributed by atoms with Crippen LogP contribution in [0.4, 0.5) is 0 Å². The molecule has 2 nitrogen and oxygen atoms in total. The summed E-state index contributed by atoms with van der Waals surface area (Å²) >= 11 is 1.80. The number of aromatic nitrogens is 2. The summed E-state index contributed by atoms with van der Waals surface area (Å²) in [5.41, 5.74) is 4.89. The zero-order chi connectivity index (χ0) is 21.9. The summed E-state index contributed by atoms with van der Waals surface area (Å²) in [5.74, 6) is 0. The minimum absolute atomic E-state index is 0.235. The second-order valence-electron chi connectivity index (χ2n) is 9.72. The van der Waals surface area contributed by atoms with Gasteiger partial charge in [0.25, 0.3) is 0 Å². The minimum atomic E-state index is 0.235. The first-order valence-electron chi connectivity index (χ1n) is 11.1. The lowest BCUT2D eigenvalue weighted by Crippen LogP contribution is -2.09. The third-order valence-electron chi connectivity index (χ3n) is 6.13. The highest BCUT2D eigenvalue weighted by Gasteiger charge is 2.18. The monoisotopic (exact) mass is 432 g/mol. The molecule has 4 aromatic carbocycles. The third kappa shape index (κ3) is 3.08. The van der Waals surface area contributed by atoms with Crippen LogP contribution in [-0.2, 0) is 6.42 Å². The second kappa shape index (κ2) is 7.11. The molecular formula is C29H24N2S. The van der Waals surface area contributed by atoms with Gasteiger partial charge in [0.2, 0.25) is 0 Å². The quantitative estimate of drug-likeness (QED) is 0.274. The first-order chi connectivity index (χ1) is 15.5. The second-order valence-corrected chi connectivity index (χ2v) is 10.8. The molecule has 0 saturated carbocycles. The average Bonchev–Trinajstić information content (AvgIpc) is 3.17. The van der Waals surface area contributed by atoms with Crippen molar-refractivity contribution in [1.82, 2.24) is 9.97 Å². The Labute approximate surface area is 191 Å². The van der Waals surface area contributed by atoms with E-state index in [0.717, 1.165) is 22.3 Å². The maximum absolute atomic E-state index is 4.81. The summed E-state index contributed by atoms with van der Waals surface area (Å²) in [4.78, 5) is 9.56. The SMILES string of the molecule is CC(C)(C)Cc1cccc2c(-c3ncnc4c3sc3ccc5ccccc5c34)cccc12. The number of rotatable bonds is 2. The summed E-state index contributed by atoms with van der Waals surface area (Å²) in [5, 5.41) is 6.32. The fourth-order valence-corrected chi connectivity index (χ4v) is 6.01. The van der Waals surface area contributed by atoms with Crippen molar-refractivity contribution in [3.05, 3.63) is 84.7 Å². The smallest absolute Gasteiger partial charge is 0.116 e. The van der Waals surface area contributed by atoms with Crippen LogP contribution in [0.25, 0.3) is 53.1 Å². The lowest BCUT2D eigenvalue weighted by Gasteiger charge is -2.20. The molecule has 0 amide bonds. The Hall–Kier alpha value is -3.30. The van der Waals surface area contributed by atoms with Crippen molar-refractivity contribution in [3.63, 3.8) is 0 Å². The van der Waals surface area contributed by atoms with Crippen molar-refractivity contribution in [3.8, 4) is 11.3 Å². The third-order valence-corrected chi connectivity index (χ3v) is 7.28. The van der Waals surface area contributed by atoms with Crippen LogP contribution in [0.3, 0.4) is 0 Å². The molecular weight excluding hydrogens is 408 g/mol. The number of hydrogen-bond donors (Lipinski definition) is 0. The maximum Gasteiger partial charge on any atom is 0.116 e. The molecule has 0 aliphatic heterocycles. The molecule has 0 radical (unpaired) electrons. The van der Waals surface area contributed by atoms with Crippen LogP contribution in [-0.4, -0.2) is 9.97 Å². The molecule has 0 atom stereocenters. The highest BCUT2D eigenvalue weighted by Crippen LogP contribution is 2.42. The average molecular weight is 433 g/mol. The summed E-state index contributed by atoms with van der Waals surface area (Å²) in [7, 11) is 0. The van der Waals surface area contributed by atoms with Gasteiger partial charge in [0.1, 0.15) is 6.33 Å². The number of benzene rings is 4. The van der Waals surface area contributed by atoms with Crippen molar-refractivity contribution >= 4 is 53.2 Å². The molecule has 0 spiro atoms. The molecule has 32 heavy (non-hydrogen) atoms. The maximum atomic E-state index is 4.81. The molecule has 3 heteroatoms. The molecule has 6 aromatic rings. The van der Waals surface area contributed by atoms with Crippen molar-refractivity contribution in [2.24, 2.45) is 5.41 Å². The highest BCUT2D eigenvalue weighted by atomic mass is 32.1. The molecule has 2 heterocycles. The predicted molar refractivity (Wildman–Crippen MR) is 139 cm³/mol. The van der Waals surface area contributed by atoms with E-state index < -0.39 is 0 Å². The van der Waals surface area contributed by atoms with Gasteiger partial charge in [0.15, 0.2) is 0 Å². The van der Waals surface area contributed by atoms with Crippen LogP contribution < -0.4 is 0 Å². The van der Waals surface area contributed by atoms with Crippen LogP contribution in [0, 0.1) is 5.41 Å². The fourth-order valence-electron chi connectivity index (χ4n) is 4.84. The molecule has 0 fully saturated rings. The zero-order valence-corrected chi connectivity index (χ0v) is 19.3. The Morgan fingerprint density at radius 2 is 1.53 bits per heavy atom. The number of fused-ring (bicyclic) bond motifs is 6. The molecule has 0 N–H and O–H groups in total. The van der Waals surface area contributed by atoms with Gasteiger partial charge in [0, 0.05) is 15.6 Å². The Bertz CT molecular complexity index is 1640. The summed E-state index contributed by atoms with van der Waals surface area (Å²) in [6, 6.07) is 26.3. The largest absolute Gasteiger partial charge is 0.235 e. The molecule has 0 aliphatic rings. The van der Waals surface area contributed by atoms with Crippen LogP contribution in [0.15, 0.2) is 79.1 Å². The van der Waals surface area contributed by atoms with Crippen LogP contribution in [0.1, 0.15) is 26.3 Å². The van der Waals surface area contributed by atoms with Crippen LogP contribution in [0.2, 0.25) is 0 Å². The standard InChI is InChI=1S/C29H24N2S/c1-29(2,3)16-19-9-6-12-22-20(19)11-7-13-23(22)26-28-27(31-17-30-26)25-21-10-5-4-8-18(21)14-15-24(25)32-28/h4-15,17H,16H2,1-3H3. The van der Waals surface area contributed by atoms with E-state index in [4.69, 9.17) is 9.97 Å². The topological polar surface area (TPSA) is 25.8 Å². The van der Waals surface area contributed by atoms with Gasteiger partial charge in [-0.25, -0.2) is 9.97 Å². The summed E-state index contributed by atoms with van der Waals surface area (Å²) in [6.45, 7) is 6.89. The molecule has 0 bridgehead atoms. The lowest BCUT2D eigenvalue weighted by atomic mass is 9.85. The number of hydrogen-bond acceptors (Lipinski definition) is 3. The molecule has 0 saturated heterocycles. The van der Waals surface area contributed by atoms with Gasteiger partial charge >= 0.3 is 0 Å². The van der Waals surface area contributed by atoms with Crippen molar-refractivity contribution in [2.75, 3.05) is 0 Å². The number of nitrogens with zero attached hydrogens (tertiary/aromatic N) is 2. The Morgan fingerprint density at radius 1 is 0.750 bits per heavy atom. The lowest BCUT2D eigenvalue weighted by molar-refractivity contribution is 0.412. The minimum Gasteiger partial charge on any atom is -0.235 e. The fraction of sp³-hybridized carbons (Fsp3) is 0.172. The van der Waals surface area contributed by atoms with Gasteiger partial charge in [-0.05, 0) is 45.0 Å². The van der Waals surface area contributed by atoms with E-state index in [1.165, 1.54) is 42.8 Å². The Kier molecular flexibility index (Phi) is 4.31. The van der Waals surface area contributed by atoms with E-state index in [2.05, 4.69) is 93.6 Å². The predicted octanol–water partition coefficient (Wildman–Crippen LogP) is 8.41. The van der Waals surface area contributed by atoms with Gasteiger partial charge in [-0.1, -0.05) is 87.5 Å². The number of thiophene rings is 1. The molecule has 0 aliphatic carbocycles. The first kappa shape index (κ1) is 19.4. The van der Waals surface area contributed by atoms with E-state index in [-0.39, 0.29) is 5.41 Å². The van der Waals surface area contributed by atoms with Crippen LogP contribution in [0.5, 0.6) is 0 Å². The van der Waals surface area contributed by atoms with Gasteiger partial charge < -0.3 is 0 Å². The summed E-state index contributed by atoms with van der Waals surface area (Å²) in [6.07, 6.45) is 2.77. The van der Waals surface area contributed by atoms with Gasteiger partial charge in [-0.15, -0.1) is 11.3 Å². The van der Waals surface area contributed by atoms with E-state index >= 15 is 0 Å². The summed E-state index contributed by atoms with van der Waals surface area (Å²) < 4.78 is 2.42. The van der Waals surface area contributed by atoms with Crippen molar-refractivity contribution in [1.29, 1.82) is 0 Å². The van der Waals surface area contributed by atoms with Crippen molar-refractivity contribution < 1.29 is 0 Å². The first-order valence-corrected chi connectivity index (χ1v) is 11.9. The van der Waals surface area contributed by atoms with E-state index in [0.29, 0.717) is 0 Å². The zero-order valence-electron chi connectivity index (χ0n) is 18.5. The van der Waals surface area contributed by atoms with Crippen molar-refractivity contribution in [2.45, 2.75) is 27.2 Å². The highest BCUT2D eigenvalue weighted by molar-refractivity contribution is 7.26. The molecule has 156 valence electrons. The normalized spacial score (nSPS) is 12.3.